The van der Waals surface area contributed by atoms with Crippen molar-refractivity contribution in [1.29, 1.82) is 0 Å². The molecular formula is C19H21N5O3S2. The van der Waals surface area contributed by atoms with Gasteiger partial charge >= 0.3 is 0 Å². The number of H-pyrrole nitrogens is 1. The van der Waals surface area contributed by atoms with Gasteiger partial charge in [0.1, 0.15) is 0 Å². The van der Waals surface area contributed by atoms with Gasteiger partial charge in [-0.05, 0) is 25.3 Å². The summed E-state index contributed by atoms with van der Waals surface area (Å²) in [6, 6.07) is 8.16. The van der Waals surface area contributed by atoms with Gasteiger partial charge in [-0.25, -0.2) is 8.42 Å². The maximum absolute atomic E-state index is 12.3. The van der Waals surface area contributed by atoms with Crippen LogP contribution in [0.25, 0.3) is 22.3 Å². The number of para-hydroxylation sites is 1. The molecule has 1 amide bonds. The van der Waals surface area contributed by atoms with Crippen LogP contribution >= 0.6 is 11.8 Å². The first kappa shape index (κ1) is 18.7. The maximum atomic E-state index is 12.3. The summed E-state index contributed by atoms with van der Waals surface area (Å²) in [5.74, 6) is 1.02. The van der Waals surface area contributed by atoms with E-state index in [1.807, 2.05) is 24.4 Å². The molecule has 8 nitrogen and oxygen atoms in total. The molecule has 10 heteroatoms. The van der Waals surface area contributed by atoms with Gasteiger partial charge in [0.2, 0.25) is 5.91 Å². The minimum Gasteiger partial charge on any atom is -0.360 e. The quantitative estimate of drug-likeness (QED) is 0.579. The number of carbonyl (C=O) groups is 1. The second kappa shape index (κ2) is 7.17. The molecule has 0 bridgehead atoms. The largest absolute Gasteiger partial charge is 0.360 e. The Morgan fingerprint density at radius 1 is 1.24 bits per heavy atom. The van der Waals surface area contributed by atoms with Crippen LogP contribution in [0.2, 0.25) is 0 Å². The fourth-order valence-electron chi connectivity index (χ4n) is 3.79. The molecule has 1 saturated carbocycles. The first-order valence-corrected chi connectivity index (χ1v) is 12.4. The van der Waals surface area contributed by atoms with Crippen molar-refractivity contribution in [1.82, 2.24) is 25.1 Å². The van der Waals surface area contributed by atoms with Gasteiger partial charge in [0, 0.05) is 34.7 Å². The highest BCUT2D eigenvalue weighted by atomic mass is 32.2. The van der Waals surface area contributed by atoms with Crippen molar-refractivity contribution in [3.63, 3.8) is 0 Å². The second-order valence-corrected chi connectivity index (χ2v) is 10.8. The topological polar surface area (TPSA) is 110 Å². The van der Waals surface area contributed by atoms with E-state index in [2.05, 4.69) is 31.1 Å². The van der Waals surface area contributed by atoms with Crippen LogP contribution in [0.3, 0.4) is 0 Å². The van der Waals surface area contributed by atoms with Gasteiger partial charge in [-0.3, -0.25) is 9.36 Å². The molecule has 2 fully saturated rings. The summed E-state index contributed by atoms with van der Waals surface area (Å²) in [5, 5.41) is 13.4. The van der Waals surface area contributed by atoms with E-state index < -0.39 is 9.84 Å². The zero-order valence-corrected chi connectivity index (χ0v) is 17.3. The summed E-state index contributed by atoms with van der Waals surface area (Å²) in [7, 11) is -3.01. The van der Waals surface area contributed by atoms with E-state index in [-0.39, 0.29) is 29.2 Å². The molecule has 3 heterocycles. The summed E-state index contributed by atoms with van der Waals surface area (Å²) in [4.78, 5) is 15.6. The number of hydrogen-bond acceptors (Lipinski definition) is 6. The molecular weight excluding hydrogens is 410 g/mol. The summed E-state index contributed by atoms with van der Waals surface area (Å²) in [5.41, 5.74) is 2.06. The molecule has 1 aromatic carbocycles. The third-order valence-corrected chi connectivity index (χ3v) is 8.05. The van der Waals surface area contributed by atoms with Gasteiger partial charge in [0.25, 0.3) is 0 Å². The fourth-order valence-corrected chi connectivity index (χ4v) is 6.28. The lowest BCUT2D eigenvalue weighted by Crippen LogP contribution is -2.36. The zero-order valence-electron chi connectivity index (χ0n) is 15.7. The molecule has 0 spiro atoms. The SMILES string of the molecule is O=C(CSc1nnc(-c2c[nH]c3ccccc23)n1C1CC1)N[C@H]1CCS(=O)(=O)C1. The molecule has 2 aliphatic rings. The highest BCUT2D eigenvalue weighted by Crippen LogP contribution is 2.42. The number of amides is 1. The van der Waals surface area contributed by atoms with Crippen molar-refractivity contribution in [2.24, 2.45) is 0 Å². The van der Waals surface area contributed by atoms with E-state index in [4.69, 9.17) is 0 Å². The van der Waals surface area contributed by atoms with Crippen LogP contribution in [0.1, 0.15) is 25.3 Å². The molecule has 0 radical (unpaired) electrons. The first-order valence-electron chi connectivity index (χ1n) is 9.64. The predicted octanol–water partition coefficient (Wildman–Crippen LogP) is 2.16. The molecule has 1 saturated heterocycles. The average molecular weight is 432 g/mol. The predicted molar refractivity (Wildman–Crippen MR) is 112 cm³/mol. The second-order valence-electron chi connectivity index (χ2n) is 7.61. The van der Waals surface area contributed by atoms with Crippen LogP contribution in [-0.2, 0) is 14.6 Å². The van der Waals surface area contributed by atoms with E-state index in [0.29, 0.717) is 12.5 Å². The Kier molecular flexibility index (Phi) is 4.62. The van der Waals surface area contributed by atoms with Gasteiger partial charge in [0.15, 0.2) is 20.8 Å². The summed E-state index contributed by atoms with van der Waals surface area (Å²) in [6.07, 6.45) is 4.59. The van der Waals surface area contributed by atoms with Gasteiger partial charge in [-0.1, -0.05) is 30.0 Å². The molecule has 2 N–H and O–H groups in total. The fraction of sp³-hybridized carbons (Fsp3) is 0.421. The average Bonchev–Trinajstić information content (AvgIpc) is 3.15. The number of nitrogens with zero attached hydrogens (tertiary/aromatic N) is 3. The summed E-state index contributed by atoms with van der Waals surface area (Å²) >= 11 is 1.35. The summed E-state index contributed by atoms with van der Waals surface area (Å²) < 4.78 is 25.2. The number of hydrogen-bond donors (Lipinski definition) is 2. The number of fused-ring (bicyclic) bond motifs is 1. The number of benzene rings is 1. The third-order valence-electron chi connectivity index (χ3n) is 5.34. The molecule has 3 aromatic rings. The normalized spacial score (nSPS) is 20.9. The van der Waals surface area contributed by atoms with Crippen molar-refractivity contribution in [2.75, 3.05) is 17.3 Å². The lowest BCUT2D eigenvalue weighted by Gasteiger charge is -2.11. The van der Waals surface area contributed by atoms with E-state index >= 15 is 0 Å². The van der Waals surface area contributed by atoms with Gasteiger partial charge < -0.3 is 10.3 Å². The lowest BCUT2D eigenvalue weighted by molar-refractivity contribution is -0.119. The first-order chi connectivity index (χ1) is 14.0. The monoisotopic (exact) mass is 431 g/mol. The molecule has 1 aliphatic carbocycles. The Bertz CT molecular complexity index is 1180. The Hall–Kier alpha value is -2.33. The van der Waals surface area contributed by atoms with E-state index in [9.17, 15) is 13.2 Å². The number of carbonyl (C=O) groups excluding carboxylic acids is 1. The minimum absolute atomic E-state index is 0.0341. The zero-order chi connectivity index (χ0) is 20.0. The number of sulfone groups is 1. The molecule has 5 rings (SSSR count). The number of thioether (sulfide) groups is 1. The highest BCUT2D eigenvalue weighted by Gasteiger charge is 2.32. The molecule has 152 valence electrons. The number of aromatic amines is 1. The van der Waals surface area contributed by atoms with Crippen LogP contribution in [0.4, 0.5) is 0 Å². The van der Waals surface area contributed by atoms with Crippen molar-refractivity contribution in [2.45, 2.75) is 36.5 Å². The Morgan fingerprint density at radius 3 is 2.83 bits per heavy atom. The molecule has 1 aliphatic heterocycles. The molecule has 2 aromatic heterocycles. The van der Waals surface area contributed by atoms with Crippen LogP contribution in [0, 0.1) is 0 Å². The Balaban J connectivity index is 1.33. The van der Waals surface area contributed by atoms with Gasteiger partial charge in [0.05, 0.1) is 17.3 Å². The van der Waals surface area contributed by atoms with Crippen LogP contribution < -0.4 is 5.32 Å². The van der Waals surface area contributed by atoms with Crippen LogP contribution in [0.15, 0.2) is 35.6 Å². The standard InChI is InChI=1S/C19H21N5O3S2/c25-17(21-12-7-8-29(26,27)11-12)10-28-19-23-22-18(24(19)13-5-6-13)15-9-20-16-4-2-1-3-14(15)16/h1-4,9,12-13,20H,5-8,10-11H2,(H,21,25)/t12-/m0/s1. The molecule has 0 unspecified atom stereocenters. The minimum atomic E-state index is -3.01. The third kappa shape index (κ3) is 3.78. The lowest BCUT2D eigenvalue weighted by atomic mass is 10.1. The smallest absolute Gasteiger partial charge is 0.230 e. The van der Waals surface area contributed by atoms with Crippen molar-refractivity contribution in [3.05, 3.63) is 30.5 Å². The summed E-state index contributed by atoms with van der Waals surface area (Å²) in [6.45, 7) is 0. The van der Waals surface area contributed by atoms with E-state index in [1.54, 1.807) is 0 Å². The molecule has 1 atom stereocenters. The van der Waals surface area contributed by atoms with Gasteiger partial charge in [-0.2, -0.15) is 0 Å². The van der Waals surface area contributed by atoms with Crippen molar-refractivity contribution < 1.29 is 13.2 Å². The van der Waals surface area contributed by atoms with Crippen molar-refractivity contribution >= 4 is 38.4 Å². The maximum Gasteiger partial charge on any atom is 0.230 e. The number of rotatable bonds is 6. The Labute approximate surface area is 172 Å². The van der Waals surface area contributed by atoms with Gasteiger partial charge in [-0.15, -0.1) is 10.2 Å². The van der Waals surface area contributed by atoms with Crippen molar-refractivity contribution in [3.8, 4) is 11.4 Å². The van der Waals surface area contributed by atoms with Crippen LogP contribution in [0.5, 0.6) is 0 Å². The highest BCUT2D eigenvalue weighted by molar-refractivity contribution is 7.99. The Morgan fingerprint density at radius 2 is 2.07 bits per heavy atom. The van der Waals surface area contributed by atoms with Crippen LogP contribution in [-0.4, -0.2) is 57.4 Å². The molecule has 29 heavy (non-hydrogen) atoms. The number of nitrogens with one attached hydrogen (secondary N) is 2. The van der Waals surface area contributed by atoms with E-state index in [1.165, 1.54) is 11.8 Å². The number of aromatic nitrogens is 4. The van der Waals surface area contributed by atoms with E-state index in [0.717, 1.165) is 40.3 Å².